The van der Waals surface area contributed by atoms with Gasteiger partial charge in [-0.1, -0.05) is 6.07 Å². The fraction of sp³-hybridized carbons (Fsp3) is 0. The Bertz CT molecular complexity index is 717. The van der Waals surface area contributed by atoms with Crippen molar-refractivity contribution in [2.24, 2.45) is 0 Å². The average Bonchev–Trinajstić information content (AvgIpc) is 2.31. The second-order valence-electron chi connectivity index (χ2n) is 3.81. The highest BCUT2D eigenvalue weighted by molar-refractivity contribution is 7.92. The molecule has 0 aromatic heterocycles. The SMILES string of the molecule is Nc1cccc(NS(=O)(=O)c2cc(F)ccc2F)c1. The molecule has 4 nitrogen and oxygen atoms in total. The normalized spacial score (nSPS) is 11.3. The Balaban J connectivity index is 2.40. The zero-order valence-corrected chi connectivity index (χ0v) is 10.4. The van der Waals surface area contributed by atoms with E-state index in [1.54, 1.807) is 6.07 Å². The molecule has 0 spiro atoms. The molecule has 3 N–H and O–H groups in total. The zero-order valence-electron chi connectivity index (χ0n) is 9.60. The molecule has 100 valence electrons. The van der Waals surface area contributed by atoms with Gasteiger partial charge in [-0.15, -0.1) is 0 Å². The maximum atomic E-state index is 13.4. The van der Waals surface area contributed by atoms with Crippen LogP contribution < -0.4 is 10.5 Å². The number of hydrogen-bond acceptors (Lipinski definition) is 3. The van der Waals surface area contributed by atoms with Gasteiger partial charge in [-0.3, -0.25) is 4.72 Å². The van der Waals surface area contributed by atoms with Crippen molar-refractivity contribution in [1.29, 1.82) is 0 Å². The smallest absolute Gasteiger partial charge is 0.264 e. The summed E-state index contributed by atoms with van der Waals surface area (Å²) in [5.74, 6) is -1.87. The number of anilines is 2. The molecule has 0 amide bonds. The van der Waals surface area contributed by atoms with Crippen molar-refractivity contribution in [3.05, 3.63) is 54.1 Å². The fourth-order valence-electron chi connectivity index (χ4n) is 1.50. The Morgan fingerprint density at radius 2 is 1.79 bits per heavy atom. The van der Waals surface area contributed by atoms with E-state index in [-0.39, 0.29) is 5.69 Å². The number of sulfonamides is 1. The lowest BCUT2D eigenvalue weighted by atomic mass is 10.3. The standard InChI is InChI=1S/C12H10F2N2O2S/c13-8-4-5-11(14)12(6-8)19(17,18)16-10-3-1-2-9(15)7-10/h1-7,16H,15H2. The van der Waals surface area contributed by atoms with E-state index in [9.17, 15) is 17.2 Å². The quantitative estimate of drug-likeness (QED) is 0.850. The summed E-state index contributed by atoms with van der Waals surface area (Å²) in [5, 5.41) is 0. The predicted octanol–water partition coefficient (Wildman–Crippen LogP) is 2.35. The highest BCUT2D eigenvalue weighted by Crippen LogP contribution is 2.20. The first-order valence-corrected chi connectivity index (χ1v) is 6.70. The molecule has 0 atom stereocenters. The summed E-state index contributed by atoms with van der Waals surface area (Å²) in [7, 11) is -4.20. The largest absolute Gasteiger partial charge is 0.399 e. The van der Waals surface area contributed by atoms with Crippen molar-refractivity contribution in [2.45, 2.75) is 4.90 Å². The van der Waals surface area contributed by atoms with Crippen LogP contribution in [0.4, 0.5) is 20.2 Å². The number of nitrogens with two attached hydrogens (primary N) is 1. The molecule has 19 heavy (non-hydrogen) atoms. The third kappa shape index (κ3) is 3.00. The van der Waals surface area contributed by atoms with E-state index in [4.69, 9.17) is 5.73 Å². The number of nitrogens with one attached hydrogen (secondary N) is 1. The van der Waals surface area contributed by atoms with E-state index in [1.165, 1.54) is 18.2 Å². The molecular weight excluding hydrogens is 274 g/mol. The summed E-state index contributed by atoms with van der Waals surface area (Å²) in [6, 6.07) is 8.14. The molecule has 0 aliphatic rings. The lowest BCUT2D eigenvalue weighted by Gasteiger charge is -2.09. The molecule has 0 unspecified atom stereocenters. The van der Waals surface area contributed by atoms with Crippen molar-refractivity contribution in [3.63, 3.8) is 0 Å². The molecule has 0 radical (unpaired) electrons. The summed E-state index contributed by atoms with van der Waals surface area (Å²) in [5.41, 5.74) is 6.02. The minimum Gasteiger partial charge on any atom is -0.399 e. The molecule has 0 aliphatic heterocycles. The highest BCUT2D eigenvalue weighted by Gasteiger charge is 2.20. The third-order valence-corrected chi connectivity index (χ3v) is 3.72. The molecule has 7 heteroatoms. The lowest BCUT2D eigenvalue weighted by molar-refractivity contribution is 0.555. The van der Waals surface area contributed by atoms with Gasteiger partial charge in [0.25, 0.3) is 10.0 Å². The number of nitrogen functional groups attached to an aromatic ring is 1. The van der Waals surface area contributed by atoms with E-state index < -0.39 is 26.6 Å². The molecular formula is C12H10F2N2O2S. The Kier molecular flexibility index (Phi) is 3.39. The van der Waals surface area contributed by atoms with Crippen LogP contribution in [0.2, 0.25) is 0 Å². The van der Waals surface area contributed by atoms with Gasteiger partial charge < -0.3 is 5.73 Å². The van der Waals surface area contributed by atoms with Crippen LogP contribution >= 0.6 is 0 Å². The predicted molar refractivity (Wildman–Crippen MR) is 68.0 cm³/mol. The summed E-state index contributed by atoms with van der Waals surface area (Å²) in [4.78, 5) is -0.755. The number of halogens is 2. The third-order valence-electron chi connectivity index (χ3n) is 2.32. The van der Waals surface area contributed by atoms with E-state index >= 15 is 0 Å². The first-order valence-electron chi connectivity index (χ1n) is 5.22. The van der Waals surface area contributed by atoms with E-state index in [1.807, 2.05) is 0 Å². The molecule has 0 heterocycles. The monoisotopic (exact) mass is 284 g/mol. The van der Waals surface area contributed by atoms with Gasteiger partial charge >= 0.3 is 0 Å². The second kappa shape index (κ2) is 4.85. The number of benzene rings is 2. The minimum atomic E-state index is -4.20. The summed E-state index contributed by atoms with van der Waals surface area (Å²) < 4.78 is 52.4. The average molecular weight is 284 g/mol. The van der Waals surface area contributed by atoms with Gasteiger partial charge in [0.1, 0.15) is 16.5 Å². The van der Waals surface area contributed by atoms with E-state index in [0.29, 0.717) is 11.8 Å². The lowest BCUT2D eigenvalue weighted by Crippen LogP contribution is -2.15. The first-order chi connectivity index (χ1) is 8.88. The zero-order chi connectivity index (χ0) is 14.0. The van der Waals surface area contributed by atoms with Crippen LogP contribution in [0.15, 0.2) is 47.4 Å². The van der Waals surface area contributed by atoms with Crippen LogP contribution in [0, 0.1) is 11.6 Å². The Morgan fingerprint density at radius 3 is 2.47 bits per heavy atom. The maximum Gasteiger partial charge on any atom is 0.264 e. The molecule has 2 aromatic rings. The van der Waals surface area contributed by atoms with Gasteiger partial charge in [0.15, 0.2) is 0 Å². The van der Waals surface area contributed by atoms with Crippen molar-refractivity contribution in [3.8, 4) is 0 Å². The molecule has 0 aliphatic carbocycles. The van der Waals surface area contributed by atoms with Gasteiger partial charge in [0, 0.05) is 5.69 Å². The molecule has 0 saturated heterocycles. The topological polar surface area (TPSA) is 72.2 Å². The highest BCUT2D eigenvalue weighted by atomic mass is 32.2. The number of hydrogen-bond donors (Lipinski definition) is 2. The molecule has 0 saturated carbocycles. The van der Waals surface area contributed by atoms with Gasteiger partial charge in [-0.25, -0.2) is 17.2 Å². The molecule has 2 aromatic carbocycles. The van der Waals surface area contributed by atoms with Gasteiger partial charge in [-0.2, -0.15) is 0 Å². The van der Waals surface area contributed by atoms with Gasteiger partial charge in [0.2, 0.25) is 0 Å². The molecule has 0 bridgehead atoms. The summed E-state index contributed by atoms with van der Waals surface area (Å²) in [6.07, 6.45) is 0. The molecule has 0 fully saturated rings. The van der Waals surface area contributed by atoms with Crippen molar-refractivity contribution in [2.75, 3.05) is 10.5 Å². The summed E-state index contributed by atoms with van der Waals surface area (Å²) in [6.45, 7) is 0. The van der Waals surface area contributed by atoms with Crippen molar-refractivity contribution < 1.29 is 17.2 Å². The minimum absolute atomic E-state index is 0.170. The second-order valence-corrected chi connectivity index (χ2v) is 5.46. The van der Waals surface area contributed by atoms with E-state index in [2.05, 4.69) is 4.72 Å². The first kappa shape index (κ1) is 13.3. The maximum absolute atomic E-state index is 13.4. The van der Waals surface area contributed by atoms with Crippen LogP contribution in [0.25, 0.3) is 0 Å². The fourth-order valence-corrected chi connectivity index (χ4v) is 2.64. The van der Waals surface area contributed by atoms with Crippen molar-refractivity contribution >= 4 is 21.4 Å². The Hall–Kier alpha value is -2.15. The van der Waals surface area contributed by atoms with Crippen LogP contribution in [-0.2, 0) is 10.0 Å². The van der Waals surface area contributed by atoms with Crippen LogP contribution in [-0.4, -0.2) is 8.42 Å². The van der Waals surface area contributed by atoms with Crippen LogP contribution in [0.3, 0.4) is 0 Å². The van der Waals surface area contributed by atoms with Gasteiger partial charge in [-0.05, 0) is 36.4 Å². The number of rotatable bonds is 3. The van der Waals surface area contributed by atoms with Gasteiger partial charge in [0.05, 0.1) is 5.69 Å². The Morgan fingerprint density at radius 1 is 1.05 bits per heavy atom. The van der Waals surface area contributed by atoms with E-state index in [0.717, 1.165) is 12.1 Å². The Labute approximate surface area is 108 Å². The summed E-state index contributed by atoms with van der Waals surface area (Å²) >= 11 is 0. The van der Waals surface area contributed by atoms with Crippen LogP contribution in [0.5, 0.6) is 0 Å². The van der Waals surface area contributed by atoms with Crippen LogP contribution in [0.1, 0.15) is 0 Å². The van der Waals surface area contributed by atoms with Crippen molar-refractivity contribution in [1.82, 2.24) is 0 Å². The molecule has 2 rings (SSSR count).